The van der Waals surface area contributed by atoms with E-state index in [0.717, 1.165) is 25.9 Å². The molecule has 0 spiro atoms. The number of likely N-dealkylation sites (tertiary alicyclic amines) is 1. The molecule has 1 aromatic rings. The van der Waals surface area contributed by atoms with Crippen LogP contribution in [0, 0.1) is 5.92 Å². The van der Waals surface area contributed by atoms with E-state index in [-0.39, 0.29) is 11.8 Å². The van der Waals surface area contributed by atoms with Crippen molar-refractivity contribution >= 4 is 17.5 Å². The van der Waals surface area contributed by atoms with Crippen LogP contribution < -0.4 is 0 Å². The summed E-state index contributed by atoms with van der Waals surface area (Å²) in [6.07, 6.45) is 1.77. The van der Waals surface area contributed by atoms with Gasteiger partial charge in [-0.25, -0.2) is 0 Å². The molecule has 2 nitrogen and oxygen atoms in total. The van der Waals surface area contributed by atoms with E-state index in [1.165, 1.54) is 5.56 Å². The van der Waals surface area contributed by atoms with Gasteiger partial charge >= 0.3 is 0 Å². The summed E-state index contributed by atoms with van der Waals surface area (Å²) in [6.45, 7) is 1.60. The van der Waals surface area contributed by atoms with Crippen molar-refractivity contribution in [1.29, 1.82) is 0 Å². The molecule has 1 unspecified atom stereocenters. The molecule has 2 rings (SSSR count). The van der Waals surface area contributed by atoms with Crippen molar-refractivity contribution in [1.82, 2.24) is 4.90 Å². The fourth-order valence-electron chi connectivity index (χ4n) is 2.16. The number of rotatable bonds is 4. The zero-order valence-electron chi connectivity index (χ0n) is 9.23. The standard InChI is InChI=1S/C13H16ClNO/c14-8-6-12-7-9-15(13(12)16)10-11-4-2-1-3-5-11/h1-5,12H,6-10H2. The molecule has 3 heteroatoms. The minimum absolute atomic E-state index is 0.154. The van der Waals surface area contributed by atoms with Gasteiger partial charge in [0.15, 0.2) is 0 Å². The number of carbonyl (C=O) groups excluding carboxylic acids is 1. The lowest BCUT2D eigenvalue weighted by Gasteiger charge is -2.16. The molecule has 1 fully saturated rings. The summed E-state index contributed by atoms with van der Waals surface area (Å²) < 4.78 is 0. The molecule has 1 aliphatic heterocycles. The number of hydrogen-bond donors (Lipinski definition) is 0. The molecule has 0 bridgehead atoms. The predicted octanol–water partition coefficient (Wildman–Crippen LogP) is 2.66. The Morgan fingerprint density at radius 3 is 2.75 bits per heavy atom. The lowest BCUT2D eigenvalue weighted by molar-refractivity contribution is -0.131. The molecular formula is C13H16ClNO. The second-order valence-electron chi connectivity index (χ2n) is 4.21. The highest BCUT2D eigenvalue weighted by Gasteiger charge is 2.30. The monoisotopic (exact) mass is 237 g/mol. The van der Waals surface area contributed by atoms with Crippen LogP contribution in [0.3, 0.4) is 0 Å². The van der Waals surface area contributed by atoms with Gasteiger partial charge in [0.25, 0.3) is 0 Å². The molecular weight excluding hydrogens is 222 g/mol. The van der Waals surface area contributed by atoms with Crippen LogP contribution in [0.15, 0.2) is 30.3 Å². The summed E-state index contributed by atoms with van der Waals surface area (Å²) in [6, 6.07) is 10.1. The molecule has 86 valence electrons. The van der Waals surface area contributed by atoms with Gasteiger partial charge in [-0.1, -0.05) is 30.3 Å². The van der Waals surface area contributed by atoms with Gasteiger partial charge in [-0.15, -0.1) is 11.6 Å². The van der Waals surface area contributed by atoms with Crippen molar-refractivity contribution in [2.75, 3.05) is 12.4 Å². The number of hydrogen-bond acceptors (Lipinski definition) is 1. The summed E-state index contributed by atoms with van der Waals surface area (Å²) in [7, 11) is 0. The molecule has 1 amide bonds. The van der Waals surface area contributed by atoms with Gasteiger partial charge in [0, 0.05) is 24.9 Å². The zero-order chi connectivity index (χ0) is 11.4. The van der Waals surface area contributed by atoms with Crippen molar-refractivity contribution in [3.63, 3.8) is 0 Å². The van der Waals surface area contributed by atoms with E-state index in [9.17, 15) is 4.79 Å². The van der Waals surface area contributed by atoms with Crippen LogP contribution >= 0.6 is 11.6 Å². The molecule has 16 heavy (non-hydrogen) atoms. The van der Waals surface area contributed by atoms with Crippen LogP contribution in [0.1, 0.15) is 18.4 Å². The molecule has 1 aliphatic rings. The molecule has 1 atom stereocenters. The fourth-order valence-corrected chi connectivity index (χ4v) is 2.43. The minimum Gasteiger partial charge on any atom is -0.338 e. The Bertz CT molecular complexity index is 352. The van der Waals surface area contributed by atoms with Gasteiger partial charge in [0.1, 0.15) is 0 Å². The lowest BCUT2D eigenvalue weighted by Crippen LogP contribution is -2.27. The van der Waals surface area contributed by atoms with Crippen LogP contribution in [-0.4, -0.2) is 23.2 Å². The highest BCUT2D eigenvalue weighted by molar-refractivity contribution is 6.18. The first kappa shape index (κ1) is 11.5. The Hall–Kier alpha value is -1.02. The van der Waals surface area contributed by atoms with E-state index in [1.807, 2.05) is 23.1 Å². The summed E-state index contributed by atoms with van der Waals surface area (Å²) in [5.41, 5.74) is 1.20. The first-order chi connectivity index (χ1) is 7.81. The van der Waals surface area contributed by atoms with Gasteiger partial charge in [0.05, 0.1) is 0 Å². The third-order valence-electron chi connectivity index (χ3n) is 3.08. The predicted molar refractivity (Wildman–Crippen MR) is 65.3 cm³/mol. The number of amides is 1. The SMILES string of the molecule is O=C1C(CCCl)CCN1Cc1ccccc1. The molecule has 1 aromatic carbocycles. The summed E-state index contributed by atoms with van der Waals surface area (Å²) in [4.78, 5) is 13.9. The number of benzene rings is 1. The Morgan fingerprint density at radius 1 is 1.31 bits per heavy atom. The zero-order valence-corrected chi connectivity index (χ0v) is 9.99. The molecule has 1 saturated heterocycles. The minimum atomic E-state index is 0.154. The maximum Gasteiger partial charge on any atom is 0.226 e. The van der Waals surface area contributed by atoms with Gasteiger partial charge < -0.3 is 4.90 Å². The topological polar surface area (TPSA) is 20.3 Å². The third kappa shape index (κ3) is 2.56. The maximum atomic E-state index is 12.0. The van der Waals surface area contributed by atoms with Gasteiger partial charge in [0.2, 0.25) is 5.91 Å². The Kier molecular flexibility index (Phi) is 3.83. The first-order valence-electron chi connectivity index (χ1n) is 5.70. The highest BCUT2D eigenvalue weighted by atomic mass is 35.5. The summed E-state index contributed by atoms with van der Waals surface area (Å²) in [5, 5.41) is 0. The van der Waals surface area contributed by atoms with Crippen LogP contribution in [0.2, 0.25) is 0 Å². The normalized spacial score (nSPS) is 20.4. The lowest BCUT2D eigenvalue weighted by atomic mass is 10.1. The second kappa shape index (κ2) is 5.35. The molecule has 0 radical (unpaired) electrons. The number of nitrogens with zero attached hydrogens (tertiary/aromatic N) is 1. The van der Waals surface area contributed by atoms with Crippen molar-refractivity contribution < 1.29 is 4.79 Å². The fraction of sp³-hybridized carbons (Fsp3) is 0.462. The van der Waals surface area contributed by atoms with Gasteiger partial charge in [-0.05, 0) is 18.4 Å². The number of carbonyl (C=O) groups is 1. The number of halogens is 1. The Labute approximate surface area is 101 Å². The van der Waals surface area contributed by atoms with Gasteiger partial charge in [-0.2, -0.15) is 0 Å². The summed E-state index contributed by atoms with van der Waals surface area (Å²) >= 11 is 5.68. The van der Waals surface area contributed by atoms with E-state index in [2.05, 4.69) is 12.1 Å². The van der Waals surface area contributed by atoms with E-state index in [0.29, 0.717) is 5.88 Å². The maximum absolute atomic E-state index is 12.0. The van der Waals surface area contributed by atoms with Gasteiger partial charge in [-0.3, -0.25) is 4.79 Å². The average Bonchev–Trinajstić information content (AvgIpc) is 2.64. The Morgan fingerprint density at radius 2 is 2.06 bits per heavy atom. The summed E-state index contributed by atoms with van der Waals surface area (Å²) in [5.74, 6) is 1.00. The van der Waals surface area contributed by atoms with Crippen LogP contribution in [0.4, 0.5) is 0 Å². The van der Waals surface area contributed by atoms with E-state index >= 15 is 0 Å². The molecule has 0 aliphatic carbocycles. The van der Waals surface area contributed by atoms with E-state index in [4.69, 9.17) is 11.6 Å². The van der Waals surface area contributed by atoms with Crippen molar-refractivity contribution in [2.45, 2.75) is 19.4 Å². The average molecular weight is 238 g/mol. The number of alkyl halides is 1. The Balaban J connectivity index is 1.95. The largest absolute Gasteiger partial charge is 0.338 e. The van der Waals surface area contributed by atoms with E-state index in [1.54, 1.807) is 0 Å². The molecule has 0 N–H and O–H groups in total. The van der Waals surface area contributed by atoms with Crippen LogP contribution in [0.5, 0.6) is 0 Å². The second-order valence-corrected chi connectivity index (χ2v) is 4.59. The van der Waals surface area contributed by atoms with Crippen molar-refractivity contribution in [2.24, 2.45) is 5.92 Å². The molecule has 1 heterocycles. The van der Waals surface area contributed by atoms with Crippen molar-refractivity contribution in [3.05, 3.63) is 35.9 Å². The third-order valence-corrected chi connectivity index (χ3v) is 3.30. The quantitative estimate of drug-likeness (QED) is 0.738. The van der Waals surface area contributed by atoms with Crippen LogP contribution in [0.25, 0.3) is 0 Å². The molecule has 0 saturated carbocycles. The first-order valence-corrected chi connectivity index (χ1v) is 6.23. The molecule has 0 aromatic heterocycles. The van der Waals surface area contributed by atoms with E-state index < -0.39 is 0 Å². The van der Waals surface area contributed by atoms with Crippen molar-refractivity contribution in [3.8, 4) is 0 Å². The smallest absolute Gasteiger partial charge is 0.226 e. The van der Waals surface area contributed by atoms with Crippen LogP contribution in [-0.2, 0) is 11.3 Å². The highest BCUT2D eigenvalue weighted by Crippen LogP contribution is 2.23.